The average molecular weight is 589 g/mol. The van der Waals surface area contributed by atoms with Gasteiger partial charge in [0.25, 0.3) is 0 Å². The van der Waals surface area contributed by atoms with Gasteiger partial charge in [0.1, 0.15) is 0 Å². The number of nitrogens with two attached hydrogens (primary N) is 1. The summed E-state index contributed by atoms with van der Waals surface area (Å²) in [5.74, 6) is 0. The first-order valence-electron chi connectivity index (χ1n) is 13.6. The molecule has 6 aromatic rings. The third-order valence-corrected chi connectivity index (χ3v) is 12.9. The number of benzene rings is 6. The summed E-state index contributed by atoms with van der Waals surface area (Å²) >= 11 is 0. The SMILES string of the molecule is N[PH](c1ccccc1)(c1ccccc1)c1ccccc1.O=NO.c1ccc(P(c2ccccc2)c2ccccc2)cc1. The fourth-order valence-corrected chi connectivity index (χ4v) is 10.2. The zero-order chi connectivity index (χ0) is 29.5. The Labute approximate surface area is 249 Å². The van der Waals surface area contributed by atoms with E-state index in [9.17, 15) is 0 Å². The van der Waals surface area contributed by atoms with Crippen LogP contribution in [-0.2, 0) is 0 Å². The Bertz CT molecular complexity index is 1400. The number of hydrogen-bond acceptors (Lipinski definition) is 3. The van der Waals surface area contributed by atoms with Gasteiger partial charge in [-0.15, -0.1) is 4.91 Å². The Morgan fingerprint density at radius 2 is 0.619 bits per heavy atom. The Morgan fingerprint density at radius 3 is 0.833 bits per heavy atom. The normalized spacial score (nSPS) is 10.8. The molecule has 0 bridgehead atoms. The quantitative estimate of drug-likeness (QED) is 0.139. The molecule has 6 aromatic carbocycles. The molecule has 0 fully saturated rings. The summed E-state index contributed by atoms with van der Waals surface area (Å²) < 4.78 is 0. The van der Waals surface area contributed by atoms with Crippen LogP contribution in [0.25, 0.3) is 0 Å². The minimum absolute atomic E-state index is 0.446. The maximum absolute atomic E-state index is 8.11. The van der Waals surface area contributed by atoms with E-state index in [1.807, 2.05) is 18.2 Å². The summed E-state index contributed by atoms with van der Waals surface area (Å²) in [5, 5.41) is 15.8. The topological polar surface area (TPSA) is 75.7 Å². The molecule has 0 amide bonds. The van der Waals surface area contributed by atoms with Crippen LogP contribution in [0.4, 0.5) is 0 Å². The standard InChI is InChI=1S/C18H18NP.C18H15P.HNO2/c19-20(16-10-4-1-5-11-16,17-12-6-2-7-13-17)18-14-8-3-9-15-18;1-4-10-16(11-5-1)19(17-12-6-2-7-13-17)18-14-8-3-9-15-18;2-1-3/h1-15,20H,19H2;1-15H;(H,2,3). The van der Waals surface area contributed by atoms with Crippen molar-refractivity contribution in [1.29, 1.82) is 0 Å². The fraction of sp³-hybridized carbons (Fsp3) is 0. The third kappa shape index (κ3) is 7.84. The maximum atomic E-state index is 8.11. The minimum atomic E-state index is -2.38. The molecule has 0 spiro atoms. The molecule has 42 heavy (non-hydrogen) atoms. The van der Waals surface area contributed by atoms with Gasteiger partial charge in [0.2, 0.25) is 0 Å². The Kier molecular flexibility index (Phi) is 11.7. The predicted molar refractivity (Wildman–Crippen MR) is 183 cm³/mol. The molecule has 210 valence electrons. The molecular formula is C36H34N2O2P2. The van der Waals surface area contributed by atoms with E-state index in [1.165, 1.54) is 37.2 Å². The largest absolute Gasteiger partial charge is 0.379 e. The summed E-state index contributed by atoms with van der Waals surface area (Å²) in [6.45, 7) is 0. The summed E-state index contributed by atoms with van der Waals surface area (Å²) in [5.41, 5.74) is 7.00. The van der Waals surface area contributed by atoms with Gasteiger partial charge in [0, 0.05) is 0 Å². The summed E-state index contributed by atoms with van der Waals surface area (Å²) in [7, 11) is -2.82. The zero-order valence-electron chi connectivity index (χ0n) is 23.1. The summed E-state index contributed by atoms with van der Waals surface area (Å²) in [4.78, 5) is 8.11. The van der Waals surface area contributed by atoms with Gasteiger partial charge >= 0.3 is 120 Å². The minimum Gasteiger partial charge on any atom is -0.379 e. The monoisotopic (exact) mass is 588 g/mol. The van der Waals surface area contributed by atoms with Crippen molar-refractivity contribution in [3.8, 4) is 0 Å². The van der Waals surface area contributed by atoms with Crippen LogP contribution < -0.4 is 37.3 Å². The van der Waals surface area contributed by atoms with Crippen LogP contribution in [0.1, 0.15) is 0 Å². The van der Waals surface area contributed by atoms with Gasteiger partial charge in [-0.05, 0) is 23.8 Å². The molecule has 3 N–H and O–H groups in total. The second-order valence-electron chi connectivity index (χ2n) is 9.33. The molecule has 0 aliphatic rings. The van der Waals surface area contributed by atoms with Gasteiger partial charge in [-0.3, -0.25) is 0 Å². The third-order valence-electron chi connectivity index (χ3n) is 6.73. The molecule has 0 atom stereocenters. The number of rotatable bonds is 6. The van der Waals surface area contributed by atoms with Crippen LogP contribution in [0.2, 0.25) is 0 Å². The molecule has 0 saturated carbocycles. The molecule has 0 aromatic heterocycles. The fourth-order valence-electron chi connectivity index (χ4n) is 4.78. The molecule has 0 radical (unpaired) electrons. The van der Waals surface area contributed by atoms with Crippen molar-refractivity contribution in [2.45, 2.75) is 0 Å². The van der Waals surface area contributed by atoms with Crippen LogP contribution in [0, 0.1) is 4.91 Å². The molecule has 0 saturated heterocycles. The van der Waals surface area contributed by atoms with E-state index in [0.29, 0.717) is 0 Å². The first-order valence-corrected chi connectivity index (χ1v) is 17.0. The van der Waals surface area contributed by atoms with Crippen LogP contribution in [-0.4, -0.2) is 5.21 Å². The van der Waals surface area contributed by atoms with Gasteiger partial charge in [-0.1, -0.05) is 91.0 Å². The van der Waals surface area contributed by atoms with Gasteiger partial charge in [0.15, 0.2) is 5.34 Å². The van der Waals surface area contributed by atoms with Crippen LogP contribution in [0.3, 0.4) is 0 Å². The van der Waals surface area contributed by atoms with Gasteiger partial charge in [-0.25, -0.2) is 0 Å². The van der Waals surface area contributed by atoms with E-state index in [0.717, 1.165) is 0 Å². The molecule has 0 unspecified atom stereocenters. The van der Waals surface area contributed by atoms with Crippen molar-refractivity contribution in [1.82, 2.24) is 0 Å². The maximum Gasteiger partial charge on any atom is 0.152 e. The van der Waals surface area contributed by atoms with E-state index in [2.05, 4.69) is 164 Å². The molecular weight excluding hydrogens is 554 g/mol. The van der Waals surface area contributed by atoms with Gasteiger partial charge < -0.3 is 5.21 Å². The molecule has 0 aliphatic heterocycles. The van der Waals surface area contributed by atoms with E-state index in [-0.39, 0.29) is 0 Å². The van der Waals surface area contributed by atoms with E-state index < -0.39 is 15.3 Å². The summed E-state index contributed by atoms with van der Waals surface area (Å²) in [6, 6.07) is 63.7. The summed E-state index contributed by atoms with van der Waals surface area (Å²) in [6.07, 6.45) is 0. The molecule has 0 heterocycles. The Morgan fingerprint density at radius 1 is 0.429 bits per heavy atom. The van der Waals surface area contributed by atoms with E-state index >= 15 is 0 Å². The van der Waals surface area contributed by atoms with Crippen molar-refractivity contribution in [2.24, 2.45) is 10.8 Å². The second-order valence-corrected chi connectivity index (χ2v) is 14.9. The van der Waals surface area contributed by atoms with Crippen LogP contribution >= 0.6 is 15.3 Å². The van der Waals surface area contributed by atoms with Crippen molar-refractivity contribution in [3.63, 3.8) is 0 Å². The van der Waals surface area contributed by atoms with Gasteiger partial charge in [-0.2, -0.15) is 0 Å². The van der Waals surface area contributed by atoms with Gasteiger partial charge in [0.05, 0.1) is 0 Å². The van der Waals surface area contributed by atoms with Crippen LogP contribution in [0.15, 0.2) is 187 Å². The number of nitrogens with zero attached hydrogens (tertiary/aromatic N) is 1. The smallest absolute Gasteiger partial charge is 0.152 e. The van der Waals surface area contributed by atoms with Crippen molar-refractivity contribution < 1.29 is 5.21 Å². The van der Waals surface area contributed by atoms with Crippen molar-refractivity contribution >= 4 is 47.2 Å². The van der Waals surface area contributed by atoms with Crippen molar-refractivity contribution in [2.75, 3.05) is 0 Å². The Balaban J connectivity index is 0.000000177. The molecule has 6 rings (SSSR count). The van der Waals surface area contributed by atoms with E-state index in [1.54, 1.807) is 0 Å². The molecule has 0 aliphatic carbocycles. The predicted octanol–water partition coefficient (Wildman–Crippen LogP) is 6.17. The zero-order valence-corrected chi connectivity index (χ0v) is 25.0. The first-order chi connectivity index (χ1) is 20.7. The average Bonchev–Trinajstić information content (AvgIpc) is 3.08. The Hall–Kier alpha value is -4.46. The van der Waals surface area contributed by atoms with Crippen molar-refractivity contribution in [3.05, 3.63) is 187 Å². The number of hydrogen-bond donors (Lipinski definition) is 2. The molecule has 6 heteroatoms. The molecule has 4 nitrogen and oxygen atoms in total. The van der Waals surface area contributed by atoms with Crippen LogP contribution in [0.5, 0.6) is 0 Å². The van der Waals surface area contributed by atoms with E-state index in [4.69, 9.17) is 15.6 Å². The first kappa shape index (κ1) is 30.5. The second kappa shape index (κ2) is 16.1.